The summed E-state index contributed by atoms with van der Waals surface area (Å²) < 4.78 is 0.202. The van der Waals surface area contributed by atoms with Crippen molar-refractivity contribution in [2.75, 3.05) is 0 Å². The van der Waals surface area contributed by atoms with Gasteiger partial charge in [0.2, 0.25) is 0 Å². The van der Waals surface area contributed by atoms with Crippen LogP contribution in [0.15, 0.2) is 45.8 Å². The predicted molar refractivity (Wildman–Crippen MR) is 154 cm³/mol. The van der Waals surface area contributed by atoms with Crippen molar-refractivity contribution < 1.29 is 0 Å². The van der Waals surface area contributed by atoms with Crippen LogP contribution in [0.25, 0.3) is 0 Å². The van der Waals surface area contributed by atoms with E-state index in [-0.39, 0.29) is 16.1 Å². The smallest absolute Gasteiger partial charge is 0.0964 e. The fourth-order valence-corrected chi connectivity index (χ4v) is 6.54. The van der Waals surface area contributed by atoms with Gasteiger partial charge in [0.1, 0.15) is 0 Å². The molecule has 4 atom stereocenters. The Kier molecular flexibility index (Phi) is 9.03. The lowest BCUT2D eigenvalue weighted by Gasteiger charge is -2.34. The average molecular weight is 502 g/mol. The number of allylic oxidation sites excluding steroid dienone is 6. The second-order valence-electron chi connectivity index (χ2n) is 13.3. The van der Waals surface area contributed by atoms with Gasteiger partial charge in [0.15, 0.2) is 0 Å². The number of rotatable bonds is 7. The van der Waals surface area contributed by atoms with Gasteiger partial charge in [0, 0.05) is 27.1 Å². The van der Waals surface area contributed by atoms with Crippen molar-refractivity contribution in [1.82, 2.24) is 4.90 Å². The van der Waals surface area contributed by atoms with Crippen molar-refractivity contribution in [3.63, 3.8) is 0 Å². The molecule has 2 aliphatic rings. The van der Waals surface area contributed by atoms with Crippen LogP contribution in [0.3, 0.4) is 0 Å². The molecule has 0 amide bonds. The Bertz CT molecular complexity index is 915. The fourth-order valence-electron chi connectivity index (χ4n) is 5.12. The van der Waals surface area contributed by atoms with E-state index in [4.69, 9.17) is 18.0 Å². The van der Waals surface area contributed by atoms with Gasteiger partial charge in [-0.15, -0.1) is 18.2 Å². The maximum absolute atomic E-state index is 6.89. The Morgan fingerprint density at radius 1 is 1.29 bits per heavy atom. The highest BCUT2D eigenvalue weighted by Crippen LogP contribution is 2.61. The summed E-state index contributed by atoms with van der Waals surface area (Å²) in [7, 11) is 0. The molecule has 3 unspecified atom stereocenters. The zero-order valence-corrected chi connectivity index (χ0v) is 25.2. The molecule has 1 aliphatic carbocycles. The van der Waals surface area contributed by atoms with Crippen LogP contribution >= 0.6 is 23.4 Å². The molecular formula is C31H48ClNS. The standard InChI is InChI=1S/C31H48ClNS/c1-14-25(16-21(4)15-22(5)29(7,8)9)33(23(6)28(32)20(2)3)27-19-34-31(13)18-24(17-26(27)31)30(10,11)12/h1,16,19-20,22,24,26H,4,15,17-18H2,2-3,5-13H3/b25-16+,28-23-/t22?,24?,26?,31-/m1/s1. The molecule has 34 heavy (non-hydrogen) atoms. The molecule has 3 heteroatoms. The maximum atomic E-state index is 6.89. The monoisotopic (exact) mass is 501 g/mol. The molecule has 1 heterocycles. The molecule has 1 saturated carbocycles. The van der Waals surface area contributed by atoms with Crippen molar-refractivity contribution in [3.8, 4) is 12.3 Å². The highest BCUT2D eigenvalue weighted by molar-refractivity contribution is 8.03. The Morgan fingerprint density at radius 2 is 1.88 bits per heavy atom. The van der Waals surface area contributed by atoms with E-state index in [9.17, 15) is 0 Å². The molecule has 1 aliphatic heterocycles. The van der Waals surface area contributed by atoms with Crippen LogP contribution in [0.4, 0.5) is 0 Å². The van der Waals surface area contributed by atoms with Crippen LogP contribution in [0.2, 0.25) is 0 Å². The van der Waals surface area contributed by atoms with Gasteiger partial charge in [-0.05, 0) is 73.2 Å². The minimum absolute atomic E-state index is 0.202. The van der Waals surface area contributed by atoms with Gasteiger partial charge in [-0.1, -0.05) is 92.0 Å². The zero-order chi connectivity index (χ0) is 26.2. The quantitative estimate of drug-likeness (QED) is 0.252. The molecule has 0 saturated heterocycles. The topological polar surface area (TPSA) is 3.24 Å². The Morgan fingerprint density at radius 3 is 2.35 bits per heavy atom. The molecule has 0 aromatic heterocycles. The summed E-state index contributed by atoms with van der Waals surface area (Å²) in [5.41, 5.74) is 4.78. The third-order valence-corrected chi connectivity index (χ3v) is 10.2. The van der Waals surface area contributed by atoms with Crippen LogP contribution in [0.1, 0.15) is 95.4 Å². The van der Waals surface area contributed by atoms with Crippen molar-refractivity contribution in [2.24, 2.45) is 34.5 Å². The van der Waals surface area contributed by atoms with E-state index in [1.54, 1.807) is 0 Å². The van der Waals surface area contributed by atoms with Gasteiger partial charge in [0.05, 0.1) is 5.70 Å². The van der Waals surface area contributed by atoms with Crippen LogP contribution in [0.5, 0.6) is 0 Å². The molecule has 0 spiro atoms. The molecule has 0 aromatic rings. The SMILES string of the molecule is C#C/C(=C\C(=C)CC(C)C(C)(C)C)N(C1=CS[C@]2(C)CC(C(C)(C)C)CC12)/C(C)=C(\Cl)C(C)C. The van der Waals surface area contributed by atoms with E-state index in [1.807, 2.05) is 11.8 Å². The van der Waals surface area contributed by atoms with E-state index in [2.05, 4.69) is 105 Å². The molecule has 1 fully saturated rings. The summed E-state index contributed by atoms with van der Waals surface area (Å²) >= 11 is 8.87. The number of thioether (sulfide) groups is 1. The predicted octanol–water partition coefficient (Wildman–Crippen LogP) is 9.98. The largest absolute Gasteiger partial charge is 0.309 e. The lowest BCUT2D eigenvalue weighted by Crippen LogP contribution is -2.30. The first kappa shape index (κ1) is 29.2. The van der Waals surface area contributed by atoms with Gasteiger partial charge < -0.3 is 4.90 Å². The lowest BCUT2D eigenvalue weighted by molar-refractivity contribution is 0.238. The molecule has 190 valence electrons. The summed E-state index contributed by atoms with van der Waals surface area (Å²) in [5, 5.41) is 3.21. The first-order chi connectivity index (χ1) is 15.4. The number of hydrogen-bond donors (Lipinski definition) is 0. The van der Waals surface area contributed by atoms with E-state index in [1.165, 1.54) is 18.5 Å². The number of terminal acetylenes is 1. The van der Waals surface area contributed by atoms with E-state index >= 15 is 0 Å². The van der Waals surface area contributed by atoms with Gasteiger partial charge in [-0.25, -0.2) is 0 Å². The Labute approximate surface area is 220 Å². The van der Waals surface area contributed by atoms with E-state index in [0.717, 1.165) is 28.4 Å². The summed E-state index contributed by atoms with van der Waals surface area (Å²) in [4.78, 5) is 2.28. The lowest BCUT2D eigenvalue weighted by atomic mass is 9.78. The zero-order valence-electron chi connectivity index (χ0n) is 23.6. The minimum atomic E-state index is 0.202. The summed E-state index contributed by atoms with van der Waals surface area (Å²) in [6.07, 6.45) is 11.6. The number of nitrogens with zero attached hydrogens (tertiary/aromatic N) is 1. The number of hydrogen-bond acceptors (Lipinski definition) is 2. The third kappa shape index (κ3) is 6.39. The summed E-state index contributed by atoms with van der Waals surface area (Å²) in [6.45, 7) is 29.5. The Hall–Kier alpha value is -1.04. The van der Waals surface area contributed by atoms with Crippen LogP contribution in [-0.2, 0) is 0 Å². The third-order valence-electron chi connectivity index (χ3n) is 8.16. The molecule has 0 N–H and O–H groups in total. The van der Waals surface area contributed by atoms with Crippen molar-refractivity contribution in [3.05, 3.63) is 45.8 Å². The first-order valence-corrected chi connectivity index (χ1v) is 14.1. The van der Waals surface area contributed by atoms with Crippen molar-refractivity contribution in [2.45, 2.75) is 100 Å². The van der Waals surface area contributed by atoms with Gasteiger partial charge >= 0.3 is 0 Å². The highest BCUT2D eigenvalue weighted by atomic mass is 35.5. The van der Waals surface area contributed by atoms with Crippen LogP contribution < -0.4 is 0 Å². The maximum Gasteiger partial charge on any atom is 0.0964 e. The molecule has 0 aromatic carbocycles. The Balaban J connectivity index is 2.52. The minimum Gasteiger partial charge on any atom is -0.309 e. The second-order valence-corrected chi connectivity index (χ2v) is 15.1. The number of halogens is 1. The fraction of sp³-hybridized carbons (Fsp3) is 0.677. The van der Waals surface area contributed by atoms with Crippen molar-refractivity contribution in [1.29, 1.82) is 0 Å². The molecule has 2 rings (SSSR count). The second kappa shape index (κ2) is 10.5. The van der Waals surface area contributed by atoms with Crippen LogP contribution in [0, 0.1) is 46.8 Å². The summed E-state index contributed by atoms with van der Waals surface area (Å²) in [5.74, 6) is 4.89. The average Bonchev–Trinajstić information content (AvgIpc) is 3.20. The number of fused-ring (bicyclic) bond motifs is 1. The highest BCUT2D eigenvalue weighted by Gasteiger charge is 2.53. The van der Waals surface area contributed by atoms with Gasteiger partial charge in [0.25, 0.3) is 0 Å². The normalized spacial score (nSPS) is 27.2. The van der Waals surface area contributed by atoms with Gasteiger partial charge in [-0.2, -0.15) is 0 Å². The molecule has 0 bridgehead atoms. The van der Waals surface area contributed by atoms with Gasteiger partial charge in [-0.3, -0.25) is 0 Å². The van der Waals surface area contributed by atoms with E-state index in [0.29, 0.717) is 23.2 Å². The molecule has 1 nitrogen and oxygen atoms in total. The van der Waals surface area contributed by atoms with E-state index < -0.39 is 0 Å². The molecular weight excluding hydrogens is 454 g/mol. The summed E-state index contributed by atoms with van der Waals surface area (Å²) in [6, 6.07) is 0. The van der Waals surface area contributed by atoms with Crippen molar-refractivity contribution >= 4 is 23.4 Å². The molecule has 0 radical (unpaired) electrons. The first-order valence-electron chi connectivity index (χ1n) is 12.8. The van der Waals surface area contributed by atoms with Crippen LogP contribution in [-0.4, -0.2) is 9.65 Å².